The van der Waals surface area contributed by atoms with Crippen LogP contribution in [0.3, 0.4) is 0 Å². The maximum Gasteiger partial charge on any atom is 0.0108 e. The summed E-state index contributed by atoms with van der Waals surface area (Å²) in [5.74, 6) is -0.303. The van der Waals surface area contributed by atoms with E-state index in [9.17, 15) is 4.39 Å². The lowest BCUT2D eigenvalue weighted by molar-refractivity contribution is 0.625. The summed E-state index contributed by atoms with van der Waals surface area (Å²) in [6.45, 7) is 0. The van der Waals surface area contributed by atoms with Crippen LogP contribution in [0.2, 0.25) is 0 Å². The van der Waals surface area contributed by atoms with Gasteiger partial charge in [-0.2, -0.15) is 18.2 Å². The van der Waals surface area contributed by atoms with Crippen LogP contribution in [0.1, 0.15) is 0 Å². The number of hydrogen-bond acceptors (Lipinski definition) is 0. The van der Waals surface area contributed by atoms with Gasteiger partial charge < -0.3 is 0 Å². The van der Waals surface area contributed by atoms with Crippen LogP contribution in [-0.2, 0) is 0 Å². The Morgan fingerprint density at radius 2 is 2.29 bits per heavy atom. The molecule has 36 valence electrons. The van der Waals surface area contributed by atoms with Crippen LogP contribution < -0.4 is 0 Å². The molecule has 0 aliphatic heterocycles. The minimum atomic E-state index is -0.303. The van der Waals surface area contributed by atoms with Crippen LogP contribution in [0.25, 0.3) is 0 Å². The van der Waals surface area contributed by atoms with Crippen molar-refractivity contribution in [3.63, 3.8) is 0 Å². The number of hydrogen-bond donors (Lipinski definition) is 0. The van der Waals surface area contributed by atoms with Gasteiger partial charge in [0.2, 0.25) is 0 Å². The van der Waals surface area contributed by atoms with E-state index < -0.39 is 0 Å². The predicted molar refractivity (Wildman–Crippen MR) is 25.2 cm³/mol. The van der Waals surface area contributed by atoms with E-state index in [4.69, 9.17) is 0 Å². The summed E-state index contributed by atoms with van der Waals surface area (Å²) in [5, 5.41) is 0. The van der Waals surface area contributed by atoms with Crippen LogP contribution in [0, 0.1) is 11.9 Å². The largest absolute Gasteiger partial charge is 0.236 e. The first kappa shape index (κ1) is 4.31. The van der Waals surface area contributed by atoms with Gasteiger partial charge in [0.15, 0.2) is 0 Å². The maximum atomic E-state index is 11.9. The zero-order valence-electron chi connectivity index (χ0n) is 3.69. The SMILES string of the molecule is Fc1[c-]cccc1. The van der Waals surface area contributed by atoms with Crippen molar-refractivity contribution in [3.8, 4) is 0 Å². The van der Waals surface area contributed by atoms with E-state index in [0.717, 1.165) is 0 Å². The fourth-order valence-corrected chi connectivity index (χ4v) is 0.371. The number of benzene rings is 1. The van der Waals surface area contributed by atoms with E-state index in [1.165, 1.54) is 12.1 Å². The van der Waals surface area contributed by atoms with E-state index in [2.05, 4.69) is 6.07 Å². The highest BCUT2D eigenvalue weighted by atomic mass is 19.1. The normalized spacial score (nSPS) is 8.71. The Bertz CT molecular complexity index is 134. The van der Waals surface area contributed by atoms with Gasteiger partial charge in [-0.05, 0) is 0 Å². The molecule has 0 aliphatic carbocycles. The molecule has 0 amide bonds. The van der Waals surface area contributed by atoms with Crippen LogP contribution in [-0.4, -0.2) is 0 Å². The summed E-state index contributed by atoms with van der Waals surface area (Å²) in [4.78, 5) is 0. The van der Waals surface area contributed by atoms with Crippen LogP contribution >= 0.6 is 0 Å². The van der Waals surface area contributed by atoms with Crippen molar-refractivity contribution in [2.24, 2.45) is 0 Å². The third-order valence-electron chi connectivity index (χ3n) is 0.671. The van der Waals surface area contributed by atoms with E-state index in [1.807, 2.05) is 0 Å². The molecule has 0 atom stereocenters. The van der Waals surface area contributed by atoms with Gasteiger partial charge in [-0.3, -0.25) is 0 Å². The molecule has 0 radical (unpaired) electrons. The second kappa shape index (κ2) is 1.73. The molecule has 0 nitrogen and oxygen atoms in total. The second-order valence-electron chi connectivity index (χ2n) is 1.21. The smallest absolute Gasteiger partial charge is 0.0108 e. The fraction of sp³-hybridized carbons (Fsp3) is 0. The van der Waals surface area contributed by atoms with Crippen molar-refractivity contribution < 1.29 is 4.39 Å². The van der Waals surface area contributed by atoms with Gasteiger partial charge >= 0.3 is 0 Å². The first-order chi connectivity index (χ1) is 3.39. The van der Waals surface area contributed by atoms with Crippen molar-refractivity contribution in [2.45, 2.75) is 0 Å². The van der Waals surface area contributed by atoms with Gasteiger partial charge in [0.05, 0.1) is 0 Å². The Kier molecular flexibility index (Phi) is 1.07. The Hall–Kier alpha value is -0.850. The molecule has 1 heteroatoms. The minimum absolute atomic E-state index is 0.303. The zero-order chi connectivity index (χ0) is 5.11. The molecule has 0 heterocycles. The highest BCUT2D eigenvalue weighted by Crippen LogP contribution is 1.90. The third kappa shape index (κ3) is 1.000. The Morgan fingerprint density at radius 1 is 1.43 bits per heavy atom. The van der Waals surface area contributed by atoms with E-state index in [1.54, 1.807) is 12.1 Å². The molecule has 0 aliphatic rings. The molecule has 0 N–H and O–H groups in total. The van der Waals surface area contributed by atoms with Gasteiger partial charge in [0, 0.05) is 5.82 Å². The average Bonchev–Trinajstić information content (AvgIpc) is 1.69. The zero-order valence-corrected chi connectivity index (χ0v) is 3.69. The molecule has 1 aromatic carbocycles. The van der Waals surface area contributed by atoms with Gasteiger partial charge in [0.1, 0.15) is 0 Å². The highest BCUT2D eigenvalue weighted by Gasteiger charge is 1.66. The Labute approximate surface area is 41.6 Å². The van der Waals surface area contributed by atoms with Crippen LogP contribution in [0.15, 0.2) is 24.3 Å². The Morgan fingerprint density at radius 3 is 2.57 bits per heavy atom. The molecule has 0 spiro atoms. The molecule has 0 fully saturated rings. The highest BCUT2D eigenvalue weighted by molar-refractivity contribution is 5.00. The lowest BCUT2D eigenvalue weighted by atomic mass is 10.4. The lowest BCUT2D eigenvalue weighted by Gasteiger charge is -1.88. The molecule has 7 heavy (non-hydrogen) atoms. The van der Waals surface area contributed by atoms with Gasteiger partial charge in [0.25, 0.3) is 0 Å². The van der Waals surface area contributed by atoms with Gasteiger partial charge in [-0.25, -0.2) is 4.39 Å². The number of halogens is 1. The first-order valence-electron chi connectivity index (χ1n) is 2.02. The Balaban J connectivity index is 3.02. The molecule has 0 bridgehead atoms. The average molecular weight is 95.1 g/mol. The molecule has 0 saturated carbocycles. The van der Waals surface area contributed by atoms with Crippen molar-refractivity contribution in [1.29, 1.82) is 0 Å². The van der Waals surface area contributed by atoms with Crippen molar-refractivity contribution in [2.75, 3.05) is 0 Å². The molecule has 0 aromatic heterocycles. The molecule has 1 aromatic rings. The second-order valence-corrected chi connectivity index (χ2v) is 1.21. The third-order valence-corrected chi connectivity index (χ3v) is 0.671. The van der Waals surface area contributed by atoms with Gasteiger partial charge in [-0.1, -0.05) is 0 Å². The van der Waals surface area contributed by atoms with E-state index in [0.29, 0.717) is 0 Å². The summed E-state index contributed by atoms with van der Waals surface area (Å²) >= 11 is 0. The van der Waals surface area contributed by atoms with Crippen molar-refractivity contribution in [3.05, 3.63) is 36.1 Å². The summed E-state index contributed by atoms with van der Waals surface area (Å²) < 4.78 is 11.9. The van der Waals surface area contributed by atoms with Gasteiger partial charge in [-0.15, -0.1) is 12.1 Å². The van der Waals surface area contributed by atoms with Crippen molar-refractivity contribution in [1.82, 2.24) is 0 Å². The van der Waals surface area contributed by atoms with Crippen LogP contribution in [0.4, 0.5) is 4.39 Å². The van der Waals surface area contributed by atoms with E-state index in [-0.39, 0.29) is 5.82 Å². The quantitative estimate of drug-likeness (QED) is 0.429. The first-order valence-corrected chi connectivity index (χ1v) is 2.02. The summed E-state index contributed by atoms with van der Waals surface area (Å²) in [7, 11) is 0. The molecule has 0 saturated heterocycles. The topological polar surface area (TPSA) is 0 Å². The summed E-state index contributed by atoms with van der Waals surface area (Å²) in [6, 6.07) is 8.62. The standard InChI is InChI=1S/C6H4F/c7-6-4-2-1-3-5-6/h1-4H/q-1. The minimum Gasteiger partial charge on any atom is -0.236 e. The molecular formula is C6H4F-. The molecule has 1 rings (SSSR count). The monoisotopic (exact) mass is 95.0 g/mol. The van der Waals surface area contributed by atoms with E-state index >= 15 is 0 Å². The number of rotatable bonds is 0. The van der Waals surface area contributed by atoms with Crippen LogP contribution in [0.5, 0.6) is 0 Å². The fourth-order valence-electron chi connectivity index (χ4n) is 0.371. The molecular weight excluding hydrogens is 91.1 g/mol. The summed E-state index contributed by atoms with van der Waals surface area (Å²) in [5.41, 5.74) is 0. The predicted octanol–water partition coefficient (Wildman–Crippen LogP) is 1.63. The van der Waals surface area contributed by atoms with Crippen molar-refractivity contribution >= 4 is 0 Å². The maximum absolute atomic E-state index is 11.9. The molecule has 0 unspecified atom stereocenters. The summed E-state index contributed by atoms with van der Waals surface area (Å²) in [6.07, 6.45) is 0. The lowest BCUT2D eigenvalue weighted by Crippen LogP contribution is -1.65.